The van der Waals surface area contributed by atoms with Gasteiger partial charge in [-0.25, -0.2) is 0 Å². The number of amides is 1. The van der Waals surface area contributed by atoms with Gasteiger partial charge in [0.2, 0.25) is 0 Å². The highest BCUT2D eigenvalue weighted by atomic mass is 35.5. The number of ether oxygens (including phenoxy) is 2. The van der Waals surface area contributed by atoms with E-state index in [4.69, 9.17) is 25.6 Å². The summed E-state index contributed by atoms with van der Waals surface area (Å²) in [5.41, 5.74) is 2.45. The summed E-state index contributed by atoms with van der Waals surface area (Å²) in [5.74, 6) is 1.42. The van der Waals surface area contributed by atoms with E-state index in [-0.39, 0.29) is 11.6 Å². The van der Waals surface area contributed by atoms with Crippen LogP contribution >= 0.6 is 11.6 Å². The van der Waals surface area contributed by atoms with Crippen LogP contribution < -0.4 is 14.8 Å². The first-order valence-corrected chi connectivity index (χ1v) is 8.42. The van der Waals surface area contributed by atoms with Crippen LogP contribution in [0.15, 0.2) is 47.0 Å². The highest BCUT2D eigenvalue weighted by Crippen LogP contribution is 2.34. The van der Waals surface area contributed by atoms with Gasteiger partial charge in [0, 0.05) is 22.3 Å². The van der Waals surface area contributed by atoms with Gasteiger partial charge in [-0.3, -0.25) is 4.79 Å². The summed E-state index contributed by atoms with van der Waals surface area (Å²) in [6.07, 6.45) is 0. The molecule has 2 aromatic carbocycles. The molecule has 26 heavy (non-hydrogen) atoms. The zero-order valence-corrected chi connectivity index (χ0v) is 14.7. The van der Waals surface area contributed by atoms with Crippen molar-refractivity contribution in [2.24, 2.45) is 0 Å². The van der Waals surface area contributed by atoms with Crippen LogP contribution in [0.5, 0.6) is 11.5 Å². The van der Waals surface area contributed by atoms with Gasteiger partial charge in [0.05, 0.1) is 0 Å². The fraction of sp³-hybridized carbons (Fsp3) is 0.158. The Bertz CT molecular complexity index is 983. The molecule has 1 aromatic heterocycles. The molecule has 1 amide bonds. The summed E-state index contributed by atoms with van der Waals surface area (Å²) in [4.78, 5) is 12.4. The third-order valence-corrected chi connectivity index (χ3v) is 4.41. The minimum atomic E-state index is -0.377. The number of nitrogens with one attached hydrogen (secondary N) is 1. The number of aromatic nitrogens is 1. The van der Waals surface area contributed by atoms with Gasteiger partial charge in [-0.1, -0.05) is 22.8 Å². The van der Waals surface area contributed by atoms with Gasteiger partial charge in [0.25, 0.3) is 5.91 Å². The van der Waals surface area contributed by atoms with Crippen LogP contribution in [0.4, 0.5) is 5.69 Å². The molecule has 3 aromatic rings. The number of hydrogen-bond donors (Lipinski definition) is 1. The Kier molecular flexibility index (Phi) is 4.26. The zero-order valence-electron chi connectivity index (χ0n) is 13.9. The molecule has 0 saturated heterocycles. The number of hydrogen-bond acceptors (Lipinski definition) is 5. The summed E-state index contributed by atoms with van der Waals surface area (Å²) in [7, 11) is 0. The van der Waals surface area contributed by atoms with Crippen molar-refractivity contribution in [3.05, 3.63) is 58.7 Å². The SMILES string of the molecule is Cc1ccc(NC(=O)c2cc(-c3ccc4c(c3)OCCO4)on2)cc1Cl. The average Bonchev–Trinajstić information content (AvgIpc) is 3.15. The van der Waals surface area contributed by atoms with Gasteiger partial charge >= 0.3 is 0 Å². The quantitative estimate of drug-likeness (QED) is 0.743. The molecule has 0 spiro atoms. The molecule has 1 aliphatic heterocycles. The molecule has 0 atom stereocenters. The van der Waals surface area contributed by atoms with Gasteiger partial charge < -0.3 is 19.3 Å². The summed E-state index contributed by atoms with van der Waals surface area (Å²) in [6.45, 7) is 2.92. The van der Waals surface area contributed by atoms with Crippen molar-refractivity contribution in [2.45, 2.75) is 6.92 Å². The van der Waals surface area contributed by atoms with Crippen LogP contribution in [0, 0.1) is 6.92 Å². The van der Waals surface area contributed by atoms with Crippen LogP contribution in [-0.4, -0.2) is 24.3 Å². The lowest BCUT2D eigenvalue weighted by atomic mass is 10.1. The fourth-order valence-electron chi connectivity index (χ4n) is 2.58. The summed E-state index contributed by atoms with van der Waals surface area (Å²) in [5, 5.41) is 7.18. The monoisotopic (exact) mass is 370 g/mol. The number of benzene rings is 2. The van der Waals surface area contributed by atoms with E-state index in [0.29, 0.717) is 41.2 Å². The number of fused-ring (bicyclic) bond motifs is 1. The standard InChI is InChI=1S/C19H15ClN2O4/c1-11-2-4-13(9-14(11)20)21-19(23)15-10-17(26-22-15)12-3-5-16-18(8-12)25-7-6-24-16/h2-5,8-10H,6-7H2,1H3,(H,21,23). The number of anilines is 1. The molecule has 0 radical (unpaired) electrons. The van der Waals surface area contributed by atoms with Crippen molar-refractivity contribution in [1.29, 1.82) is 0 Å². The Hall–Kier alpha value is -2.99. The fourth-order valence-corrected chi connectivity index (χ4v) is 2.76. The highest BCUT2D eigenvalue weighted by molar-refractivity contribution is 6.31. The summed E-state index contributed by atoms with van der Waals surface area (Å²) < 4.78 is 16.4. The molecule has 0 saturated carbocycles. The molecule has 4 rings (SSSR count). The molecule has 132 valence electrons. The maximum absolute atomic E-state index is 12.4. The molecule has 0 fully saturated rings. The Morgan fingerprint density at radius 3 is 2.69 bits per heavy atom. The van der Waals surface area contributed by atoms with E-state index in [2.05, 4.69) is 10.5 Å². The molecule has 0 aliphatic carbocycles. The lowest BCUT2D eigenvalue weighted by molar-refractivity contribution is 0.101. The molecule has 7 heteroatoms. The third-order valence-electron chi connectivity index (χ3n) is 4.00. The minimum absolute atomic E-state index is 0.173. The molecular weight excluding hydrogens is 356 g/mol. The third kappa shape index (κ3) is 3.23. The molecule has 1 N–H and O–H groups in total. The van der Waals surface area contributed by atoms with E-state index < -0.39 is 0 Å². The second-order valence-corrected chi connectivity index (χ2v) is 6.26. The van der Waals surface area contributed by atoms with Crippen molar-refractivity contribution >= 4 is 23.2 Å². The average molecular weight is 371 g/mol. The topological polar surface area (TPSA) is 73.6 Å². The predicted molar refractivity (Wildman–Crippen MR) is 97.1 cm³/mol. The first-order valence-electron chi connectivity index (χ1n) is 8.04. The maximum Gasteiger partial charge on any atom is 0.277 e. The number of rotatable bonds is 3. The summed E-state index contributed by atoms with van der Waals surface area (Å²) >= 11 is 6.08. The first kappa shape index (κ1) is 16.5. The lowest BCUT2D eigenvalue weighted by Crippen LogP contribution is -2.15. The van der Waals surface area contributed by atoms with E-state index in [1.807, 2.05) is 19.1 Å². The normalized spacial score (nSPS) is 12.7. The number of nitrogens with zero attached hydrogens (tertiary/aromatic N) is 1. The van der Waals surface area contributed by atoms with E-state index in [1.54, 1.807) is 30.3 Å². The van der Waals surface area contributed by atoms with E-state index in [9.17, 15) is 4.79 Å². The molecule has 6 nitrogen and oxygen atoms in total. The molecule has 1 aliphatic rings. The lowest BCUT2D eigenvalue weighted by Gasteiger charge is -2.18. The first-order chi connectivity index (χ1) is 12.6. The van der Waals surface area contributed by atoms with Crippen LogP contribution in [0.2, 0.25) is 5.02 Å². The maximum atomic E-state index is 12.4. The van der Waals surface area contributed by atoms with Crippen LogP contribution in [-0.2, 0) is 0 Å². The van der Waals surface area contributed by atoms with Gasteiger partial charge in [-0.2, -0.15) is 0 Å². The Morgan fingerprint density at radius 2 is 1.88 bits per heavy atom. The number of aryl methyl sites for hydroxylation is 1. The van der Waals surface area contributed by atoms with Gasteiger partial charge in [0.1, 0.15) is 13.2 Å². The largest absolute Gasteiger partial charge is 0.486 e. The van der Waals surface area contributed by atoms with E-state index in [1.165, 1.54) is 0 Å². The van der Waals surface area contributed by atoms with Crippen LogP contribution in [0.3, 0.4) is 0 Å². The highest BCUT2D eigenvalue weighted by Gasteiger charge is 2.17. The van der Waals surface area contributed by atoms with Crippen LogP contribution in [0.1, 0.15) is 16.1 Å². The van der Waals surface area contributed by atoms with Crippen LogP contribution in [0.25, 0.3) is 11.3 Å². The second kappa shape index (κ2) is 6.72. The Balaban J connectivity index is 1.53. The van der Waals surface area contributed by atoms with Gasteiger partial charge in [0.15, 0.2) is 23.0 Å². The molecule has 2 heterocycles. The number of carbonyl (C=O) groups excluding carboxylic acids is 1. The second-order valence-electron chi connectivity index (χ2n) is 5.85. The van der Waals surface area contributed by atoms with E-state index >= 15 is 0 Å². The van der Waals surface area contributed by atoms with Gasteiger partial charge in [-0.15, -0.1) is 0 Å². The number of carbonyl (C=O) groups is 1. The van der Waals surface area contributed by atoms with Crippen molar-refractivity contribution in [3.8, 4) is 22.8 Å². The minimum Gasteiger partial charge on any atom is -0.486 e. The molecule has 0 bridgehead atoms. The Labute approximate surface area is 154 Å². The van der Waals surface area contributed by atoms with Crippen molar-refractivity contribution in [3.63, 3.8) is 0 Å². The molecular formula is C19H15ClN2O4. The zero-order chi connectivity index (χ0) is 18.1. The van der Waals surface area contributed by atoms with Crippen molar-refractivity contribution in [1.82, 2.24) is 5.16 Å². The predicted octanol–water partition coefficient (Wildman–Crippen LogP) is 4.33. The van der Waals surface area contributed by atoms with E-state index in [0.717, 1.165) is 11.1 Å². The Morgan fingerprint density at radius 1 is 1.08 bits per heavy atom. The smallest absolute Gasteiger partial charge is 0.277 e. The number of halogens is 1. The van der Waals surface area contributed by atoms with Gasteiger partial charge in [-0.05, 0) is 42.8 Å². The summed E-state index contributed by atoms with van der Waals surface area (Å²) in [6, 6.07) is 12.3. The molecule has 0 unspecified atom stereocenters. The van der Waals surface area contributed by atoms with Crippen molar-refractivity contribution in [2.75, 3.05) is 18.5 Å². The van der Waals surface area contributed by atoms with Crippen molar-refractivity contribution < 1.29 is 18.8 Å².